The fourth-order valence-electron chi connectivity index (χ4n) is 1.28. The minimum absolute atomic E-state index is 0.211. The number of halogens is 2. The second-order valence-corrected chi connectivity index (χ2v) is 3.93. The molecule has 88 valence electrons. The van der Waals surface area contributed by atoms with Crippen LogP contribution in [-0.2, 0) is 11.3 Å². The van der Waals surface area contributed by atoms with Crippen LogP contribution in [0.2, 0.25) is 5.02 Å². The first kappa shape index (κ1) is 12.8. The van der Waals surface area contributed by atoms with Gasteiger partial charge in [-0.1, -0.05) is 11.6 Å². The van der Waals surface area contributed by atoms with Crippen LogP contribution in [0.3, 0.4) is 0 Å². The number of benzene rings is 1. The molecule has 0 aliphatic carbocycles. The molecule has 0 fully saturated rings. The average molecular weight is 246 g/mol. The third-order valence-corrected chi connectivity index (χ3v) is 2.57. The second-order valence-electron chi connectivity index (χ2n) is 3.52. The van der Waals surface area contributed by atoms with Gasteiger partial charge in [-0.15, -0.1) is 0 Å². The standard InChI is InChI=1S/C11H13ClFNO2/c1-7-4-9(12)8(5-10(7)13)6-14(2)11(15)16-3/h4-5H,6H2,1-3H3. The van der Waals surface area contributed by atoms with Crippen LogP contribution in [0.4, 0.5) is 9.18 Å². The first-order valence-electron chi connectivity index (χ1n) is 4.69. The van der Waals surface area contributed by atoms with Gasteiger partial charge in [0.25, 0.3) is 0 Å². The van der Waals surface area contributed by atoms with Gasteiger partial charge in [0.2, 0.25) is 0 Å². The Hall–Kier alpha value is -1.29. The summed E-state index contributed by atoms with van der Waals surface area (Å²) in [6, 6.07) is 2.87. The van der Waals surface area contributed by atoms with Gasteiger partial charge < -0.3 is 9.64 Å². The van der Waals surface area contributed by atoms with Gasteiger partial charge in [0.15, 0.2) is 0 Å². The smallest absolute Gasteiger partial charge is 0.409 e. The summed E-state index contributed by atoms with van der Waals surface area (Å²) < 4.78 is 17.8. The van der Waals surface area contributed by atoms with Gasteiger partial charge in [-0.3, -0.25) is 0 Å². The molecule has 0 radical (unpaired) electrons. The summed E-state index contributed by atoms with van der Waals surface area (Å²) in [6.45, 7) is 1.84. The van der Waals surface area contributed by atoms with E-state index in [1.807, 2.05) is 0 Å². The number of methoxy groups -OCH3 is 1. The number of nitrogens with zero attached hydrogens (tertiary/aromatic N) is 1. The van der Waals surface area contributed by atoms with Crippen molar-refractivity contribution >= 4 is 17.7 Å². The third-order valence-electron chi connectivity index (χ3n) is 2.22. The fourth-order valence-corrected chi connectivity index (χ4v) is 1.56. The number of hydrogen-bond acceptors (Lipinski definition) is 2. The van der Waals surface area contributed by atoms with Crippen molar-refractivity contribution < 1.29 is 13.9 Å². The number of amides is 1. The summed E-state index contributed by atoms with van der Waals surface area (Å²) >= 11 is 5.95. The summed E-state index contributed by atoms with van der Waals surface area (Å²) in [5.41, 5.74) is 1.03. The van der Waals surface area contributed by atoms with Gasteiger partial charge in [-0.2, -0.15) is 0 Å². The SMILES string of the molecule is COC(=O)N(C)Cc1cc(F)c(C)cc1Cl. The molecule has 0 spiro atoms. The van der Waals surface area contributed by atoms with Crippen molar-refractivity contribution in [2.24, 2.45) is 0 Å². The molecule has 0 N–H and O–H groups in total. The van der Waals surface area contributed by atoms with Crippen molar-refractivity contribution in [3.05, 3.63) is 34.1 Å². The van der Waals surface area contributed by atoms with Crippen molar-refractivity contribution in [3.63, 3.8) is 0 Å². The Kier molecular flexibility index (Phi) is 4.12. The summed E-state index contributed by atoms with van der Waals surface area (Å²) in [4.78, 5) is 12.5. The molecule has 5 heteroatoms. The lowest BCUT2D eigenvalue weighted by molar-refractivity contribution is 0.131. The molecule has 0 aromatic heterocycles. The van der Waals surface area contributed by atoms with Crippen molar-refractivity contribution in [1.82, 2.24) is 4.90 Å². The van der Waals surface area contributed by atoms with Crippen LogP contribution in [0.5, 0.6) is 0 Å². The van der Waals surface area contributed by atoms with E-state index >= 15 is 0 Å². The zero-order valence-electron chi connectivity index (χ0n) is 9.38. The first-order valence-corrected chi connectivity index (χ1v) is 5.07. The molecule has 0 saturated carbocycles. The van der Waals surface area contributed by atoms with Gasteiger partial charge >= 0.3 is 6.09 Å². The maximum absolute atomic E-state index is 13.3. The molecule has 3 nitrogen and oxygen atoms in total. The molecule has 1 amide bonds. The topological polar surface area (TPSA) is 29.5 Å². The lowest BCUT2D eigenvalue weighted by Crippen LogP contribution is -2.26. The molecular formula is C11H13ClFNO2. The van der Waals surface area contributed by atoms with E-state index in [4.69, 9.17) is 11.6 Å². The zero-order chi connectivity index (χ0) is 12.3. The predicted octanol–water partition coefficient (Wildman–Crippen LogP) is 2.99. The van der Waals surface area contributed by atoms with Gasteiger partial charge in [0.1, 0.15) is 5.82 Å². The summed E-state index contributed by atoms with van der Waals surface area (Å²) in [6.07, 6.45) is -0.489. The summed E-state index contributed by atoms with van der Waals surface area (Å²) in [5, 5.41) is 0.439. The predicted molar refractivity (Wildman–Crippen MR) is 60.0 cm³/mol. The number of ether oxygens (including phenoxy) is 1. The summed E-state index contributed by atoms with van der Waals surface area (Å²) in [7, 11) is 2.84. The Morgan fingerprint density at radius 1 is 1.56 bits per heavy atom. The Labute approximate surface area is 98.8 Å². The molecule has 0 aliphatic rings. The molecule has 16 heavy (non-hydrogen) atoms. The maximum atomic E-state index is 13.3. The van der Waals surface area contributed by atoms with Crippen LogP contribution in [0, 0.1) is 12.7 Å². The van der Waals surface area contributed by atoms with Crippen LogP contribution in [0.15, 0.2) is 12.1 Å². The van der Waals surface area contributed by atoms with Crippen molar-refractivity contribution in [2.75, 3.05) is 14.2 Å². The van der Waals surface area contributed by atoms with E-state index in [0.29, 0.717) is 16.1 Å². The van der Waals surface area contributed by atoms with Crippen molar-refractivity contribution in [2.45, 2.75) is 13.5 Å². The Morgan fingerprint density at radius 2 is 2.19 bits per heavy atom. The minimum Gasteiger partial charge on any atom is -0.453 e. The normalized spacial score (nSPS) is 10.1. The van der Waals surface area contributed by atoms with Crippen LogP contribution < -0.4 is 0 Å². The highest BCUT2D eigenvalue weighted by atomic mass is 35.5. The highest BCUT2D eigenvalue weighted by molar-refractivity contribution is 6.31. The van der Waals surface area contributed by atoms with Crippen LogP contribution in [0.25, 0.3) is 0 Å². The Balaban J connectivity index is 2.89. The van der Waals surface area contributed by atoms with Crippen molar-refractivity contribution in [1.29, 1.82) is 0 Å². The van der Waals surface area contributed by atoms with Crippen LogP contribution in [0.1, 0.15) is 11.1 Å². The monoisotopic (exact) mass is 245 g/mol. The van der Waals surface area contributed by atoms with Gasteiger partial charge in [0.05, 0.1) is 13.7 Å². The zero-order valence-corrected chi connectivity index (χ0v) is 10.1. The van der Waals surface area contributed by atoms with Crippen LogP contribution in [-0.4, -0.2) is 25.2 Å². The highest BCUT2D eigenvalue weighted by Gasteiger charge is 2.12. The average Bonchev–Trinajstić information content (AvgIpc) is 2.24. The maximum Gasteiger partial charge on any atom is 0.409 e. The van der Waals surface area contributed by atoms with Gasteiger partial charge in [0, 0.05) is 12.1 Å². The van der Waals surface area contributed by atoms with E-state index in [9.17, 15) is 9.18 Å². The van der Waals surface area contributed by atoms with Gasteiger partial charge in [-0.25, -0.2) is 9.18 Å². The molecule has 1 rings (SSSR count). The largest absolute Gasteiger partial charge is 0.453 e. The number of carbonyl (C=O) groups is 1. The molecular weight excluding hydrogens is 233 g/mol. The molecule has 1 aromatic carbocycles. The van der Waals surface area contributed by atoms with Gasteiger partial charge in [-0.05, 0) is 30.2 Å². The molecule has 0 saturated heterocycles. The molecule has 0 atom stereocenters. The molecule has 0 unspecified atom stereocenters. The number of carbonyl (C=O) groups excluding carboxylic acids is 1. The third kappa shape index (κ3) is 2.85. The van der Waals surface area contributed by atoms with E-state index in [-0.39, 0.29) is 12.4 Å². The fraction of sp³-hybridized carbons (Fsp3) is 0.364. The second kappa shape index (κ2) is 5.16. The number of hydrogen-bond donors (Lipinski definition) is 0. The van der Waals surface area contributed by atoms with E-state index in [1.165, 1.54) is 24.1 Å². The van der Waals surface area contributed by atoms with E-state index in [0.717, 1.165) is 0 Å². The van der Waals surface area contributed by atoms with E-state index < -0.39 is 6.09 Å². The molecule has 0 bridgehead atoms. The Morgan fingerprint density at radius 3 is 2.75 bits per heavy atom. The number of rotatable bonds is 2. The quantitative estimate of drug-likeness (QED) is 0.802. The lowest BCUT2D eigenvalue weighted by Gasteiger charge is -2.16. The first-order chi connectivity index (χ1) is 7.45. The molecule has 0 aliphatic heterocycles. The summed E-state index contributed by atoms with van der Waals surface area (Å²) in [5.74, 6) is -0.335. The number of aryl methyl sites for hydroxylation is 1. The van der Waals surface area contributed by atoms with Crippen LogP contribution >= 0.6 is 11.6 Å². The molecule has 1 aromatic rings. The van der Waals surface area contributed by atoms with Crippen molar-refractivity contribution in [3.8, 4) is 0 Å². The van der Waals surface area contributed by atoms with E-state index in [1.54, 1.807) is 14.0 Å². The Bertz CT molecular complexity index is 409. The highest BCUT2D eigenvalue weighted by Crippen LogP contribution is 2.21. The minimum atomic E-state index is -0.489. The molecule has 0 heterocycles. The lowest BCUT2D eigenvalue weighted by atomic mass is 10.1. The van der Waals surface area contributed by atoms with E-state index in [2.05, 4.69) is 4.74 Å².